The van der Waals surface area contributed by atoms with Crippen LogP contribution in [0.1, 0.15) is 31.7 Å². The molecule has 0 aromatic heterocycles. The van der Waals surface area contributed by atoms with E-state index in [0.29, 0.717) is 0 Å². The van der Waals surface area contributed by atoms with E-state index in [4.69, 9.17) is 4.74 Å². The van der Waals surface area contributed by atoms with Crippen LogP contribution in [-0.4, -0.2) is 57.7 Å². The Hall–Kier alpha value is -1.02. The summed E-state index contributed by atoms with van der Waals surface area (Å²) in [6, 6.07) is 8.21. The number of likely N-dealkylation sites (tertiary alicyclic amines) is 1. The smallest absolute Gasteiger partial charge is 0.190 e. The Morgan fingerprint density at radius 1 is 1.23 bits per heavy atom. The molecule has 0 spiro atoms. The number of hydrogen-bond acceptors (Lipinski definition) is 3. The molecule has 0 atom stereocenters. The van der Waals surface area contributed by atoms with E-state index in [-0.39, 0.29) is 24.0 Å². The fourth-order valence-corrected chi connectivity index (χ4v) is 3.17. The van der Waals surface area contributed by atoms with Gasteiger partial charge < -0.3 is 20.3 Å². The van der Waals surface area contributed by atoms with Gasteiger partial charge in [0, 0.05) is 20.1 Å². The van der Waals surface area contributed by atoms with Crippen LogP contribution in [-0.2, 0) is 6.42 Å². The zero-order chi connectivity index (χ0) is 17.9. The molecule has 1 aliphatic rings. The molecule has 0 saturated carbocycles. The largest absolute Gasteiger partial charge is 0.497 e. The number of piperidine rings is 1. The molecule has 148 valence electrons. The number of benzene rings is 1. The highest BCUT2D eigenvalue weighted by Crippen LogP contribution is 2.15. The molecule has 1 aromatic rings. The molecule has 0 bridgehead atoms. The van der Waals surface area contributed by atoms with Gasteiger partial charge in [0.25, 0.3) is 0 Å². The monoisotopic (exact) mass is 474 g/mol. The lowest BCUT2D eigenvalue weighted by Gasteiger charge is -2.30. The highest BCUT2D eigenvalue weighted by Gasteiger charge is 2.14. The van der Waals surface area contributed by atoms with Crippen molar-refractivity contribution in [3.63, 3.8) is 0 Å². The first-order valence-corrected chi connectivity index (χ1v) is 9.51. The number of nitrogens with one attached hydrogen (secondary N) is 2. The second kappa shape index (κ2) is 13.2. The maximum Gasteiger partial charge on any atom is 0.190 e. The van der Waals surface area contributed by atoms with E-state index in [1.807, 2.05) is 19.2 Å². The minimum atomic E-state index is 0. The molecule has 6 heteroatoms. The number of aliphatic imine (C=N–C) groups is 1. The quantitative estimate of drug-likeness (QED) is 0.263. The zero-order valence-electron chi connectivity index (χ0n) is 16.5. The van der Waals surface area contributed by atoms with Gasteiger partial charge in [0.1, 0.15) is 5.75 Å². The third kappa shape index (κ3) is 8.58. The lowest BCUT2D eigenvalue weighted by molar-refractivity contribution is 0.191. The van der Waals surface area contributed by atoms with Gasteiger partial charge in [0.2, 0.25) is 0 Å². The minimum Gasteiger partial charge on any atom is -0.497 e. The Morgan fingerprint density at radius 2 is 1.96 bits per heavy atom. The third-order valence-electron chi connectivity index (χ3n) is 4.88. The van der Waals surface area contributed by atoms with Gasteiger partial charge in [-0.3, -0.25) is 4.99 Å². The summed E-state index contributed by atoms with van der Waals surface area (Å²) in [5.41, 5.74) is 1.27. The van der Waals surface area contributed by atoms with Crippen molar-refractivity contribution in [1.29, 1.82) is 0 Å². The van der Waals surface area contributed by atoms with Crippen LogP contribution in [0.25, 0.3) is 0 Å². The molecule has 2 rings (SSSR count). The van der Waals surface area contributed by atoms with Crippen molar-refractivity contribution in [2.45, 2.75) is 32.6 Å². The maximum atomic E-state index is 5.26. The number of nitrogens with zero attached hydrogens (tertiary/aromatic N) is 2. The number of hydrogen-bond donors (Lipinski definition) is 2. The summed E-state index contributed by atoms with van der Waals surface area (Å²) in [5, 5.41) is 6.80. The zero-order valence-corrected chi connectivity index (χ0v) is 18.8. The van der Waals surface area contributed by atoms with Gasteiger partial charge in [-0.2, -0.15) is 0 Å². The maximum absolute atomic E-state index is 5.26. The van der Waals surface area contributed by atoms with E-state index in [1.165, 1.54) is 38.0 Å². The van der Waals surface area contributed by atoms with Crippen LogP contribution in [0.3, 0.4) is 0 Å². The summed E-state index contributed by atoms with van der Waals surface area (Å²) in [6.45, 7) is 7.88. The van der Waals surface area contributed by atoms with Crippen molar-refractivity contribution in [3.05, 3.63) is 29.8 Å². The number of halogens is 1. The molecule has 5 nitrogen and oxygen atoms in total. The molecule has 0 amide bonds. The molecule has 2 N–H and O–H groups in total. The van der Waals surface area contributed by atoms with Crippen molar-refractivity contribution in [2.24, 2.45) is 10.9 Å². The van der Waals surface area contributed by atoms with Crippen molar-refractivity contribution < 1.29 is 4.74 Å². The highest BCUT2D eigenvalue weighted by atomic mass is 127. The molecule has 1 saturated heterocycles. The van der Waals surface area contributed by atoms with Crippen LogP contribution >= 0.6 is 24.0 Å². The van der Waals surface area contributed by atoms with Gasteiger partial charge >= 0.3 is 0 Å². The Bertz CT molecular complexity index is 530. The average Bonchev–Trinajstić information content (AvgIpc) is 2.65. The second-order valence-electron chi connectivity index (χ2n) is 6.91. The topological polar surface area (TPSA) is 48.9 Å². The SMILES string of the molecule is CN=C(NCCCN1CCC(C)CC1)NCCc1cccc(OC)c1.I. The van der Waals surface area contributed by atoms with Crippen LogP contribution in [0.4, 0.5) is 0 Å². The average molecular weight is 474 g/mol. The molecule has 0 unspecified atom stereocenters. The molecule has 1 aliphatic heterocycles. The lowest BCUT2D eigenvalue weighted by Crippen LogP contribution is -2.40. The van der Waals surface area contributed by atoms with Gasteiger partial charge in [0.05, 0.1) is 7.11 Å². The Balaban J connectivity index is 0.00000338. The first-order chi connectivity index (χ1) is 12.2. The standard InChI is InChI=1S/C20H34N4O.HI/c1-17-9-14-24(15-10-17)13-5-11-22-20(21-2)23-12-8-18-6-4-7-19(16-18)25-3;/h4,6-7,16-17H,5,8-15H2,1-3H3,(H2,21,22,23);1H. The molecule has 0 aliphatic carbocycles. The molecular formula is C20H35IN4O. The van der Waals surface area contributed by atoms with Crippen molar-refractivity contribution in [1.82, 2.24) is 15.5 Å². The summed E-state index contributed by atoms with van der Waals surface area (Å²) in [7, 11) is 3.53. The predicted octanol–water partition coefficient (Wildman–Crippen LogP) is 3.14. The van der Waals surface area contributed by atoms with Gasteiger partial charge in [-0.05, 0) is 68.9 Å². The Labute approximate surface area is 176 Å². The van der Waals surface area contributed by atoms with Gasteiger partial charge in [-0.15, -0.1) is 24.0 Å². The van der Waals surface area contributed by atoms with Crippen LogP contribution in [0.2, 0.25) is 0 Å². The summed E-state index contributed by atoms with van der Waals surface area (Å²) in [5.74, 6) is 2.70. The summed E-state index contributed by atoms with van der Waals surface area (Å²) < 4.78 is 5.26. The highest BCUT2D eigenvalue weighted by molar-refractivity contribution is 14.0. The van der Waals surface area contributed by atoms with Crippen LogP contribution in [0, 0.1) is 5.92 Å². The molecule has 1 aromatic carbocycles. The normalized spacial score (nSPS) is 16.0. The number of methoxy groups -OCH3 is 1. The summed E-state index contributed by atoms with van der Waals surface area (Å²) in [6.07, 6.45) is 4.80. The van der Waals surface area contributed by atoms with Gasteiger partial charge in [-0.25, -0.2) is 0 Å². The molecular weight excluding hydrogens is 439 g/mol. The van der Waals surface area contributed by atoms with Gasteiger partial charge in [0.15, 0.2) is 5.96 Å². The minimum absolute atomic E-state index is 0. The fraction of sp³-hybridized carbons (Fsp3) is 0.650. The lowest BCUT2D eigenvalue weighted by atomic mass is 9.99. The van der Waals surface area contributed by atoms with Crippen molar-refractivity contribution >= 4 is 29.9 Å². The first-order valence-electron chi connectivity index (χ1n) is 9.51. The van der Waals surface area contributed by atoms with E-state index in [2.05, 4.69) is 39.6 Å². The molecule has 1 heterocycles. The Morgan fingerprint density at radius 3 is 2.65 bits per heavy atom. The number of ether oxygens (including phenoxy) is 1. The van der Waals surface area contributed by atoms with E-state index >= 15 is 0 Å². The van der Waals surface area contributed by atoms with E-state index in [1.54, 1.807) is 7.11 Å². The second-order valence-corrected chi connectivity index (χ2v) is 6.91. The third-order valence-corrected chi connectivity index (χ3v) is 4.88. The van der Waals surface area contributed by atoms with E-state index < -0.39 is 0 Å². The van der Waals surface area contributed by atoms with E-state index in [0.717, 1.165) is 43.6 Å². The van der Waals surface area contributed by atoms with Crippen LogP contribution in [0.5, 0.6) is 5.75 Å². The summed E-state index contributed by atoms with van der Waals surface area (Å²) >= 11 is 0. The van der Waals surface area contributed by atoms with E-state index in [9.17, 15) is 0 Å². The molecule has 0 radical (unpaired) electrons. The van der Waals surface area contributed by atoms with Crippen LogP contribution in [0.15, 0.2) is 29.3 Å². The van der Waals surface area contributed by atoms with Crippen molar-refractivity contribution in [3.8, 4) is 5.75 Å². The molecule has 1 fully saturated rings. The number of guanidine groups is 1. The molecule has 26 heavy (non-hydrogen) atoms. The fourth-order valence-electron chi connectivity index (χ4n) is 3.17. The Kier molecular flexibility index (Phi) is 11.7. The van der Waals surface area contributed by atoms with Gasteiger partial charge in [-0.1, -0.05) is 19.1 Å². The first kappa shape index (κ1) is 23.0. The van der Waals surface area contributed by atoms with Crippen LogP contribution < -0.4 is 15.4 Å². The number of rotatable bonds is 8. The predicted molar refractivity (Wildman–Crippen MR) is 121 cm³/mol. The van der Waals surface area contributed by atoms with Crippen molar-refractivity contribution in [2.75, 3.05) is 46.9 Å². The summed E-state index contributed by atoms with van der Waals surface area (Å²) in [4.78, 5) is 6.89.